The summed E-state index contributed by atoms with van der Waals surface area (Å²) in [5.74, 6) is 0.853. The van der Waals surface area contributed by atoms with Crippen molar-refractivity contribution >= 4 is 17.5 Å². The fourth-order valence-corrected chi connectivity index (χ4v) is 2.83. The van der Waals surface area contributed by atoms with Gasteiger partial charge in [-0.25, -0.2) is 4.39 Å². The summed E-state index contributed by atoms with van der Waals surface area (Å²) >= 11 is 1.35. The van der Waals surface area contributed by atoms with Crippen LogP contribution in [0.3, 0.4) is 0 Å². The maximum Gasteiger partial charge on any atom is 0.147 e. The molecule has 0 aliphatic carbocycles. The van der Waals surface area contributed by atoms with Crippen molar-refractivity contribution in [1.29, 1.82) is 0 Å². The van der Waals surface area contributed by atoms with Gasteiger partial charge in [-0.3, -0.25) is 4.79 Å². The summed E-state index contributed by atoms with van der Waals surface area (Å²) in [4.78, 5) is 12.8. The fraction of sp³-hybridized carbons (Fsp3) is 0.235. The highest BCUT2D eigenvalue weighted by molar-refractivity contribution is 8.00. The number of hydrogen-bond donors (Lipinski definition) is 0. The van der Waals surface area contributed by atoms with Crippen LogP contribution in [-0.2, 0) is 11.2 Å². The van der Waals surface area contributed by atoms with Crippen LogP contribution >= 0.6 is 11.8 Å². The van der Waals surface area contributed by atoms with Crippen LogP contribution in [0.2, 0.25) is 0 Å². The summed E-state index contributed by atoms with van der Waals surface area (Å²) in [5, 5.41) is 0. The number of ketones is 1. The quantitative estimate of drug-likeness (QED) is 0.753. The van der Waals surface area contributed by atoms with Gasteiger partial charge in [0.15, 0.2) is 0 Å². The molecule has 4 heteroatoms. The van der Waals surface area contributed by atoms with Gasteiger partial charge in [-0.2, -0.15) is 0 Å². The van der Waals surface area contributed by atoms with Gasteiger partial charge in [0.25, 0.3) is 0 Å². The van der Waals surface area contributed by atoms with Gasteiger partial charge in [-0.15, -0.1) is 11.8 Å². The van der Waals surface area contributed by atoms with Gasteiger partial charge >= 0.3 is 0 Å². The van der Waals surface area contributed by atoms with E-state index >= 15 is 0 Å². The molecule has 0 spiro atoms. The van der Waals surface area contributed by atoms with E-state index in [-0.39, 0.29) is 11.6 Å². The summed E-state index contributed by atoms with van der Waals surface area (Å²) in [6.45, 7) is 1.98. The van der Waals surface area contributed by atoms with Crippen molar-refractivity contribution in [3.05, 3.63) is 59.4 Å². The van der Waals surface area contributed by atoms with Crippen LogP contribution in [0, 0.1) is 12.7 Å². The van der Waals surface area contributed by atoms with Crippen LogP contribution in [0.4, 0.5) is 4.39 Å². The van der Waals surface area contributed by atoms with E-state index in [0.29, 0.717) is 12.2 Å². The minimum atomic E-state index is -0.284. The summed E-state index contributed by atoms with van der Waals surface area (Å²) in [6, 6.07) is 12.1. The van der Waals surface area contributed by atoms with Gasteiger partial charge in [0.05, 0.1) is 12.9 Å². The number of ether oxygens (including phenoxy) is 1. The van der Waals surface area contributed by atoms with Crippen molar-refractivity contribution in [2.75, 3.05) is 12.9 Å². The Hall–Kier alpha value is -1.81. The van der Waals surface area contributed by atoms with E-state index in [1.165, 1.54) is 23.9 Å². The zero-order valence-electron chi connectivity index (χ0n) is 12.1. The molecule has 0 radical (unpaired) electrons. The molecule has 0 unspecified atom stereocenters. The molecule has 2 aromatic carbocycles. The molecule has 2 rings (SSSR count). The molecule has 0 heterocycles. The van der Waals surface area contributed by atoms with Crippen LogP contribution in [0.5, 0.6) is 5.75 Å². The fourth-order valence-electron chi connectivity index (χ4n) is 2.03. The predicted octanol–water partition coefficient (Wildman–Crippen LogP) is 4.05. The Morgan fingerprint density at radius 3 is 2.76 bits per heavy atom. The summed E-state index contributed by atoms with van der Waals surface area (Å²) in [5.41, 5.74) is 1.98. The Kier molecular flexibility index (Phi) is 5.39. The normalized spacial score (nSPS) is 10.4. The highest BCUT2D eigenvalue weighted by Gasteiger charge is 2.10. The van der Waals surface area contributed by atoms with Crippen LogP contribution < -0.4 is 4.74 Å². The number of benzene rings is 2. The van der Waals surface area contributed by atoms with Gasteiger partial charge in [-0.05, 0) is 31.2 Å². The maximum atomic E-state index is 13.1. The van der Waals surface area contributed by atoms with E-state index in [1.54, 1.807) is 19.2 Å². The molecule has 0 aliphatic heterocycles. The standard InChI is InChI=1S/C17H17FO2S/c1-12-6-7-17(20-2)13(8-12)9-15(19)11-21-16-5-3-4-14(18)10-16/h3-8,10H,9,11H2,1-2H3. The third-order valence-corrected chi connectivity index (χ3v) is 4.07. The number of Topliss-reactive ketones (excluding diaryl/α,β-unsaturated/α-hetero) is 1. The largest absolute Gasteiger partial charge is 0.496 e. The molecule has 0 saturated heterocycles. The second kappa shape index (κ2) is 7.27. The first kappa shape index (κ1) is 15.6. The van der Waals surface area contributed by atoms with Crippen molar-refractivity contribution in [3.8, 4) is 5.75 Å². The number of aryl methyl sites for hydroxylation is 1. The Morgan fingerprint density at radius 1 is 1.24 bits per heavy atom. The minimum Gasteiger partial charge on any atom is -0.496 e. The Morgan fingerprint density at radius 2 is 2.05 bits per heavy atom. The maximum absolute atomic E-state index is 13.1. The topological polar surface area (TPSA) is 26.3 Å². The molecule has 0 aromatic heterocycles. The second-order valence-electron chi connectivity index (χ2n) is 4.78. The number of hydrogen-bond acceptors (Lipinski definition) is 3. The molecule has 0 saturated carbocycles. The molecule has 0 fully saturated rings. The Bertz CT molecular complexity index is 640. The van der Waals surface area contributed by atoms with Gasteiger partial charge in [0.2, 0.25) is 0 Å². The SMILES string of the molecule is COc1ccc(C)cc1CC(=O)CSc1cccc(F)c1. The van der Waals surface area contributed by atoms with E-state index in [4.69, 9.17) is 4.74 Å². The first-order chi connectivity index (χ1) is 10.1. The van der Waals surface area contributed by atoms with Crippen molar-refractivity contribution in [2.45, 2.75) is 18.2 Å². The lowest BCUT2D eigenvalue weighted by atomic mass is 10.1. The van der Waals surface area contributed by atoms with Crippen LogP contribution in [0.1, 0.15) is 11.1 Å². The molecule has 0 bridgehead atoms. The van der Waals surface area contributed by atoms with Gasteiger partial charge in [0.1, 0.15) is 17.3 Å². The Labute approximate surface area is 128 Å². The van der Waals surface area contributed by atoms with E-state index in [9.17, 15) is 9.18 Å². The number of halogens is 1. The predicted molar refractivity (Wildman–Crippen MR) is 83.6 cm³/mol. The molecular weight excluding hydrogens is 287 g/mol. The number of rotatable bonds is 6. The molecule has 0 atom stereocenters. The van der Waals surface area contributed by atoms with E-state index in [2.05, 4.69) is 0 Å². The van der Waals surface area contributed by atoms with Crippen LogP contribution in [0.25, 0.3) is 0 Å². The first-order valence-electron chi connectivity index (χ1n) is 6.62. The van der Waals surface area contributed by atoms with Gasteiger partial charge in [0, 0.05) is 16.9 Å². The lowest BCUT2D eigenvalue weighted by Crippen LogP contribution is -2.07. The smallest absolute Gasteiger partial charge is 0.147 e. The highest BCUT2D eigenvalue weighted by Crippen LogP contribution is 2.23. The van der Waals surface area contributed by atoms with Crippen molar-refractivity contribution < 1.29 is 13.9 Å². The monoisotopic (exact) mass is 304 g/mol. The Balaban J connectivity index is 1.97. The first-order valence-corrected chi connectivity index (χ1v) is 7.60. The number of carbonyl (C=O) groups excluding carboxylic acids is 1. The molecule has 0 aliphatic rings. The van der Waals surface area contributed by atoms with E-state index in [0.717, 1.165) is 21.8 Å². The lowest BCUT2D eigenvalue weighted by molar-refractivity contribution is -0.116. The average Bonchev–Trinajstić information content (AvgIpc) is 2.45. The number of carbonyl (C=O) groups is 1. The number of thioether (sulfide) groups is 1. The molecule has 0 N–H and O–H groups in total. The molecule has 2 nitrogen and oxygen atoms in total. The summed E-state index contributed by atoms with van der Waals surface area (Å²) < 4.78 is 18.3. The van der Waals surface area contributed by atoms with Crippen LogP contribution in [-0.4, -0.2) is 18.6 Å². The van der Waals surface area contributed by atoms with Gasteiger partial charge < -0.3 is 4.74 Å². The highest BCUT2D eigenvalue weighted by atomic mass is 32.2. The number of methoxy groups -OCH3 is 1. The summed E-state index contributed by atoms with van der Waals surface area (Å²) in [7, 11) is 1.60. The third kappa shape index (κ3) is 4.60. The third-order valence-electron chi connectivity index (χ3n) is 3.02. The van der Waals surface area contributed by atoms with Crippen molar-refractivity contribution in [1.82, 2.24) is 0 Å². The summed E-state index contributed by atoms with van der Waals surface area (Å²) in [6.07, 6.45) is 0.327. The second-order valence-corrected chi connectivity index (χ2v) is 5.83. The minimum absolute atomic E-state index is 0.0909. The molecule has 110 valence electrons. The van der Waals surface area contributed by atoms with Gasteiger partial charge in [-0.1, -0.05) is 23.8 Å². The van der Waals surface area contributed by atoms with Crippen LogP contribution in [0.15, 0.2) is 47.4 Å². The zero-order chi connectivity index (χ0) is 15.2. The zero-order valence-corrected chi connectivity index (χ0v) is 12.9. The molecular formula is C17H17FO2S. The molecule has 21 heavy (non-hydrogen) atoms. The molecule has 2 aromatic rings. The van der Waals surface area contributed by atoms with E-state index in [1.807, 2.05) is 25.1 Å². The van der Waals surface area contributed by atoms with Crippen molar-refractivity contribution in [2.24, 2.45) is 0 Å². The average molecular weight is 304 g/mol. The van der Waals surface area contributed by atoms with E-state index < -0.39 is 0 Å². The lowest BCUT2D eigenvalue weighted by Gasteiger charge is -2.09. The van der Waals surface area contributed by atoms with Crippen molar-refractivity contribution in [3.63, 3.8) is 0 Å². The molecule has 0 amide bonds.